The normalized spacial score (nSPS) is 23.9. The summed E-state index contributed by atoms with van der Waals surface area (Å²) < 4.78 is 1.99. The van der Waals surface area contributed by atoms with Crippen molar-refractivity contribution in [2.24, 2.45) is 0 Å². The zero-order valence-corrected chi connectivity index (χ0v) is 8.69. The second kappa shape index (κ2) is 4.57. The maximum Gasteiger partial charge on any atom is 0.0536 e. The molecule has 2 rings (SSSR count). The Morgan fingerprint density at radius 2 is 2.43 bits per heavy atom. The number of nitrogens with zero attached hydrogens (tertiary/aromatic N) is 3. The predicted molar refractivity (Wildman–Crippen MR) is 56.1 cm³/mol. The topological polar surface area (TPSA) is 33.1 Å². The first kappa shape index (κ1) is 9.68. The van der Waals surface area contributed by atoms with Gasteiger partial charge in [-0.25, -0.2) is 0 Å². The van der Waals surface area contributed by atoms with E-state index in [1.807, 2.05) is 23.1 Å². The van der Waals surface area contributed by atoms with Gasteiger partial charge in [0.15, 0.2) is 0 Å². The third-order valence-corrected chi connectivity index (χ3v) is 2.81. The molecule has 0 spiro atoms. The first-order chi connectivity index (χ1) is 6.86. The van der Waals surface area contributed by atoms with Gasteiger partial charge in [0.2, 0.25) is 0 Å². The molecule has 1 saturated heterocycles. The largest absolute Gasteiger partial charge is 0.314 e. The van der Waals surface area contributed by atoms with E-state index in [4.69, 9.17) is 0 Å². The highest BCUT2D eigenvalue weighted by Gasteiger charge is 2.16. The van der Waals surface area contributed by atoms with Crippen molar-refractivity contribution in [3.63, 3.8) is 0 Å². The zero-order chi connectivity index (χ0) is 9.80. The van der Waals surface area contributed by atoms with Crippen LogP contribution in [0.3, 0.4) is 0 Å². The van der Waals surface area contributed by atoms with Gasteiger partial charge < -0.3 is 5.32 Å². The number of nitrogens with one attached hydrogen (secondary N) is 1. The van der Waals surface area contributed by atoms with Gasteiger partial charge >= 0.3 is 0 Å². The third kappa shape index (κ3) is 2.33. The van der Waals surface area contributed by atoms with Crippen LogP contribution in [0, 0.1) is 0 Å². The van der Waals surface area contributed by atoms with E-state index in [1.54, 1.807) is 0 Å². The van der Waals surface area contributed by atoms with E-state index in [1.165, 1.54) is 0 Å². The van der Waals surface area contributed by atoms with Crippen LogP contribution in [-0.4, -0.2) is 46.9 Å². The average Bonchev–Trinajstić information content (AvgIpc) is 2.69. The highest BCUT2D eigenvalue weighted by atomic mass is 15.3. The van der Waals surface area contributed by atoms with Crippen LogP contribution in [0.4, 0.5) is 0 Å². The van der Waals surface area contributed by atoms with Crippen LogP contribution in [0.15, 0.2) is 18.5 Å². The van der Waals surface area contributed by atoms with Crippen molar-refractivity contribution in [1.29, 1.82) is 0 Å². The van der Waals surface area contributed by atoms with E-state index >= 15 is 0 Å². The van der Waals surface area contributed by atoms with Crippen LogP contribution in [0.25, 0.3) is 0 Å². The fourth-order valence-electron chi connectivity index (χ4n) is 1.88. The highest BCUT2D eigenvalue weighted by molar-refractivity contribution is 4.79. The van der Waals surface area contributed by atoms with E-state index in [9.17, 15) is 0 Å². The highest BCUT2D eigenvalue weighted by Crippen LogP contribution is 2.02. The summed E-state index contributed by atoms with van der Waals surface area (Å²) in [6, 6.07) is 2.63. The first-order valence-electron chi connectivity index (χ1n) is 5.28. The fourth-order valence-corrected chi connectivity index (χ4v) is 1.88. The van der Waals surface area contributed by atoms with Crippen LogP contribution in [0.2, 0.25) is 0 Å². The van der Waals surface area contributed by atoms with E-state index in [2.05, 4.69) is 22.2 Å². The molecule has 1 aliphatic rings. The molecule has 2 heterocycles. The van der Waals surface area contributed by atoms with Crippen molar-refractivity contribution in [1.82, 2.24) is 20.0 Å². The number of hydrogen-bond acceptors (Lipinski definition) is 3. The number of piperazine rings is 1. The van der Waals surface area contributed by atoms with E-state index in [0.29, 0.717) is 6.04 Å². The van der Waals surface area contributed by atoms with Crippen LogP contribution in [-0.2, 0) is 6.54 Å². The minimum Gasteiger partial charge on any atom is -0.314 e. The lowest BCUT2D eigenvalue weighted by atomic mass is 10.2. The molecular formula is C10H18N4. The molecule has 4 heteroatoms. The Morgan fingerprint density at radius 3 is 3.14 bits per heavy atom. The Bertz CT molecular complexity index is 257. The second-order valence-electron chi connectivity index (χ2n) is 3.86. The Kier molecular flexibility index (Phi) is 3.16. The molecule has 1 atom stereocenters. The summed E-state index contributed by atoms with van der Waals surface area (Å²) in [5.74, 6) is 0. The van der Waals surface area contributed by atoms with Gasteiger partial charge in [-0.2, -0.15) is 5.10 Å². The molecule has 0 radical (unpaired) electrons. The lowest BCUT2D eigenvalue weighted by Gasteiger charge is -2.33. The van der Waals surface area contributed by atoms with Crippen molar-refractivity contribution in [2.45, 2.75) is 19.5 Å². The quantitative estimate of drug-likeness (QED) is 0.745. The SMILES string of the molecule is C[C@@H]1CNCCN1CCn1cccn1. The minimum absolute atomic E-state index is 0.652. The van der Waals surface area contributed by atoms with Gasteiger partial charge in [-0.15, -0.1) is 0 Å². The van der Waals surface area contributed by atoms with Crippen molar-refractivity contribution >= 4 is 0 Å². The molecule has 0 aliphatic carbocycles. The van der Waals surface area contributed by atoms with E-state index < -0.39 is 0 Å². The monoisotopic (exact) mass is 194 g/mol. The van der Waals surface area contributed by atoms with Crippen molar-refractivity contribution in [3.8, 4) is 0 Å². The molecule has 0 unspecified atom stereocenters. The molecule has 14 heavy (non-hydrogen) atoms. The molecule has 0 bridgehead atoms. The summed E-state index contributed by atoms with van der Waals surface area (Å²) in [5.41, 5.74) is 0. The Labute approximate surface area is 84.9 Å². The van der Waals surface area contributed by atoms with Crippen molar-refractivity contribution < 1.29 is 0 Å². The van der Waals surface area contributed by atoms with Crippen molar-refractivity contribution in [2.75, 3.05) is 26.2 Å². The first-order valence-corrected chi connectivity index (χ1v) is 5.28. The summed E-state index contributed by atoms with van der Waals surface area (Å²) in [6.07, 6.45) is 3.86. The molecule has 0 aromatic carbocycles. The van der Waals surface area contributed by atoms with Gasteiger partial charge in [0.1, 0.15) is 0 Å². The third-order valence-electron chi connectivity index (χ3n) is 2.81. The molecule has 1 aliphatic heterocycles. The summed E-state index contributed by atoms with van der Waals surface area (Å²) in [4.78, 5) is 2.51. The predicted octanol–water partition coefficient (Wildman–Crippen LogP) is 0.177. The van der Waals surface area contributed by atoms with Crippen LogP contribution < -0.4 is 5.32 Å². The van der Waals surface area contributed by atoms with Gasteiger partial charge in [0.25, 0.3) is 0 Å². The van der Waals surface area contributed by atoms with Crippen LogP contribution in [0.1, 0.15) is 6.92 Å². The van der Waals surface area contributed by atoms with Gasteiger partial charge in [0.05, 0.1) is 6.54 Å². The number of hydrogen-bond donors (Lipinski definition) is 1. The van der Waals surface area contributed by atoms with E-state index in [0.717, 1.165) is 32.7 Å². The summed E-state index contributed by atoms with van der Waals surface area (Å²) in [6.45, 7) is 7.75. The maximum absolute atomic E-state index is 4.20. The zero-order valence-electron chi connectivity index (χ0n) is 8.69. The van der Waals surface area contributed by atoms with Gasteiger partial charge in [-0.05, 0) is 13.0 Å². The van der Waals surface area contributed by atoms with Crippen LogP contribution >= 0.6 is 0 Å². The summed E-state index contributed by atoms with van der Waals surface area (Å²) in [5, 5.41) is 7.59. The molecule has 0 saturated carbocycles. The van der Waals surface area contributed by atoms with Gasteiger partial charge in [0, 0.05) is 44.6 Å². The smallest absolute Gasteiger partial charge is 0.0536 e. The molecule has 1 fully saturated rings. The fraction of sp³-hybridized carbons (Fsp3) is 0.700. The van der Waals surface area contributed by atoms with Crippen LogP contribution in [0.5, 0.6) is 0 Å². The van der Waals surface area contributed by atoms with Gasteiger partial charge in [-0.1, -0.05) is 0 Å². The number of rotatable bonds is 3. The molecule has 1 aromatic heterocycles. The average molecular weight is 194 g/mol. The molecule has 0 amide bonds. The lowest BCUT2D eigenvalue weighted by molar-refractivity contribution is 0.166. The lowest BCUT2D eigenvalue weighted by Crippen LogP contribution is -2.50. The second-order valence-corrected chi connectivity index (χ2v) is 3.86. The Balaban J connectivity index is 1.79. The Morgan fingerprint density at radius 1 is 1.50 bits per heavy atom. The Hall–Kier alpha value is -0.870. The molecule has 78 valence electrons. The number of aromatic nitrogens is 2. The van der Waals surface area contributed by atoms with E-state index in [-0.39, 0.29) is 0 Å². The maximum atomic E-state index is 4.20. The van der Waals surface area contributed by atoms with Crippen molar-refractivity contribution in [3.05, 3.63) is 18.5 Å². The standard InChI is InChI=1S/C10H18N4/c1-10-9-11-4-6-13(10)7-8-14-5-2-3-12-14/h2-3,5,10-11H,4,6-9H2,1H3/t10-/m1/s1. The minimum atomic E-state index is 0.652. The molecule has 1 N–H and O–H groups in total. The summed E-state index contributed by atoms with van der Waals surface area (Å²) in [7, 11) is 0. The molecule has 1 aromatic rings. The molecule has 4 nitrogen and oxygen atoms in total. The van der Waals surface area contributed by atoms with Gasteiger partial charge in [-0.3, -0.25) is 9.58 Å². The summed E-state index contributed by atoms with van der Waals surface area (Å²) >= 11 is 0. The molecular weight excluding hydrogens is 176 g/mol.